The van der Waals surface area contributed by atoms with E-state index in [4.69, 9.17) is 4.74 Å². The molecule has 0 saturated heterocycles. The molecule has 1 aromatic carbocycles. The number of rotatable bonds is 5. The van der Waals surface area contributed by atoms with Gasteiger partial charge in [0.25, 0.3) is 0 Å². The Kier molecular flexibility index (Phi) is 6.35. The van der Waals surface area contributed by atoms with Gasteiger partial charge in [-0.1, -0.05) is 30.2 Å². The van der Waals surface area contributed by atoms with Gasteiger partial charge in [-0.25, -0.2) is 9.37 Å². The first kappa shape index (κ1) is 15.9. The fourth-order valence-electron chi connectivity index (χ4n) is 1.87. The highest BCUT2D eigenvalue weighted by Gasteiger charge is 1.99. The predicted molar refractivity (Wildman–Crippen MR) is 86.6 cm³/mol. The van der Waals surface area contributed by atoms with E-state index in [0.717, 1.165) is 17.6 Å². The molecule has 0 atom stereocenters. The number of pyridine rings is 1. The quantitative estimate of drug-likeness (QED) is 0.612. The zero-order valence-electron chi connectivity index (χ0n) is 12.6. The van der Waals surface area contributed by atoms with Crippen LogP contribution in [0.15, 0.2) is 54.7 Å². The third-order valence-corrected chi connectivity index (χ3v) is 2.96. The number of ether oxygens (including phenoxy) is 1. The van der Waals surface area contributed by atoms with Crippen LogP contribution in [0.5, 0.6) is 0 Å². The monoisotopic (exact) mass is 295 g/mol. The van der Waals surface area contributed by atoms with Crippen molar-refractivity contribution >= 4 is 5.57 Å². The van der Waals surface area contributed by atoms with Crippen LogP contribution < -0.4 is 0 Å². The van der Waals surface area contributed by atoms with Crippen LogP contribution in [0.2, 0.25) is 0 Å². The fourth-order valence-corrected chi connectivity index (χ4v) is 1.87. The molecule has 0 radical (unpaired) electrons. The summed E-state index contributed by atoms with van der Waals surface area (Å²) in [4.78, 5) is 4.18. The van der Waals surface area contributed by atoms with Crippen LogP contribution in [0.4, 0.5) is 4.39 Å². The van der Waals surface area contributed by atoms with E-state index in [1.807, 2.05) is 31.2 Å². The summed E-state index contributed by atoms with van der Waals surface area (Å²) in [6.07, 6.45) is 4.48. The van der Waals surface area contributed by atoms with E-state index in [0.29, 0.717) is 18.9 Å². The molecule has 0 N–H and O–H groups in total. The van der Waals surface area contributed by atoms with Crippen molar-refractivity contribution in [2.45, 2.75) is 13.3 Å². The highest BCUT2D eigenvalue weighted by Crippen LogP contribution is 2.15. The zero-order valence-corrected chi connectivity index (χ0v) is 12.6. The largest absolute Gasteiger partial charge is 0.381 e. The summed E-state index contributed by atoms with van der Waals surface area (Å²) in [6, 6.07) is 11.9. The number of halogens is 1. The Morgan fingerprint density at radius 3 is 2.73 bits per heavy atom. The normalized spacial score (nSPS) is 10.9. The maximum Gasteiger partial charge on any atom is 0.123 e. The molecule has 0 bridgehead atoms. The summed E-state index contributed by atoms with van der Waals surface area (Å²) in [5, 5.41) is 0. The smallest absolute Gasteiger partial charge is 0.123 e. The van der Waals surface area contributed by atoms with Crippen LogP contribution in [0.3, 0.4) is 0 Å². The molecular formula is C19H18FNO. The molecule has 0 aliphatic carbocycles. The minimum atomic E-state index is -0.255. The van der Waals surface area contributed by atoms with Crippen LogP contribution >= 0.6 is 0 Å². The molecule has 1 heterocycles. The van der Waals surface area contributed by atoms with Crippen molar-refractivity contribution in [2.75, 3.05) is 13.2 Å². The van der Waals surface area contributed by atoms with Gasteiger partial charge >= 0.3 is 0 Å². The molecule has 0 unspecified atom stereocenters. The lowest BCUT2D eigenvalue weighted by Crippen LogP contribution is -1.92. The Morgan fingerprint density at radius 2 is 2.05 bits per heavy atom. The maximum atomic E-state index is 13.1. The molecule has 0 saturated carbocycles. The Balaban J connectivity index is 2.22. The van der Waals surface area contributed by atoms with E-state index in [9.17, 15) is 4.39 Å². The van der Waals surface area contributed by atoms with Crippen molar-refractivity contribution in [1.29, 1.82) is 0 Å². The second-order valence-electron chi connectivity index (χ2n) is 4.58. The number of aromatic nitrogens is 1. The van der Waals surface area contributed by atoms with Gasteiger partial charge in [-0.3, -0.25) is 0 Å². The molecule has 0 fully saturated rings. The second-order valence-corrected chi connectivity index (χ2v) is 4.58. The maximum absolute atomic E-state index is 13.1. The third-order valence-electron chi connectivity index (χ3n) is 2.96. The van der Waals surface area contributed by atoms with Crippen LogP contribution in [-0.2, 0) is 4.74 Å². The van der Waals surface area contributed by atoms with Gasteiger partial charge in [-0.05, 0) is 49.1 Å². The molecule has 2 nitrogen and oxygen atoms in total. The molecule has 0 aliphatic rings. The van der Waals surface area contributed by atoms with Gasteiger partial charge in [-0.15, -0.1) is 0 Å². The molecular weight excluding hydrogens is 277 g/mol. The number of hydrogen-bond donors (Lipinski definition) is 0. The van der Waals surface area contributed by atoms with Crippen LogP contribution in [0, 0.1) is 17.7 Å². The Hall–Kier alpha value is -2.44. The number of hydrogen-bond acceptors (Lipinski definition) is 2. The van der Waals surface area contributed by atoms with E-state index in [2.05, 4.69) is 16.8 Å². The van der Waals surface area contributed by atoms with Gasteiger partial charge < -0.3 is 4.74 Å². The SMILES string of the molecule is CCOCC/C=C(\C#Cc1ccccn1)c1ccc(F)cc1. The molecule has 3 heteroatoms. The lowest BCUT2D eigenvalue weighted by Gasteiger charge is -2.02. The summed E-state index contributed by atoms with van der Waals surface area (Å²) < 4.78 is 18.4. The number of allylic oxidation sites excluding steroid dienone is 1. The molecule has 2 aromatic rings. The van der Waals surface area contributed by atoms with Crippen molar-refractivity contribution in [2.24, 2.45) is 0 Å². The van der Waals surface area contributed by atoms with Crippen LogP contribution in [0.1, 0.15) is 24.6 Å². The fraction of sp³-hybridized carbons (Fsp3) is 0.211. The van der Waals surface area contributed by atoms with Crippen molar-refractivity contribution in [3.8, 4) is 11.8 Å². The van der Waals surface area contributed by atoms with Crippen molar-refractivity contribution in [3.05, 3.63) is 71.8 Å². The van der Waals surface area contributed by atoms with E-state index in [-0.39, 0.29) is 5.82 Å². The molecule has 2 rings (SSSR count). The van der Waals surface area contributed by atoms with Gasteiger partial charge in [0.05, 0.1) is 6.61 Å². The highest BCUT2D eigenvalue weighted by atomic mass is 19.1. The van der Waals surface area contributed by atoms with Crippen molar-refractivity contribution in [1.82, 2.24) is 4.98 Å². The van der Waals surface area contributed by atoms with Crippen LogP contribution in [-0.4, -0.2) is 18.2 Å². The minimum absolute atomic E-state index is 0.255. The lowest BCUT2D eigenvalue weighted by molar-refractivity contribution is 0.152. The standard InChI is InChI=1S/C19H18FNO/c1-2-22-15-5-6-16(17-8-11-18(20)12-9-17)10-13-19-7-3-4-14-21-19/h3-4,6-9,11-12,14H,2,5,15H2,1H3/b16-6+. The highest BCUT2D eigenvalue weighted by molar-refractivity contribution is 5.79. The van der Waals surface area contributed by atoms with Gasteiger partial charge in [0, 0.05) is 18.4 Å². The van der Waals surface area contributed by atoms with Gasteiger partial charge in [-0.2, -0.15) is 0 Å². The first-order chi connectivity index (χ1) is 10.8. The van der Waals surface area contributed by atoms with E-state index < -0.39 is 0 Å². The van der Waals surface area contributed by atoms with E-state index in [1.165, 1.54) is 12.1 Å². The topological polar surface area (TPSA) is 22.1 Å². The predicted octanol–water partition coefficient (Wildman–Crippen LogP) is 4.08. The minimum Gasteiger partial charge on any atom is -0.381 e. The molecule has 112 valence electrons. The lowest BCUT2D eigenvalue weighted by atomic mass is 10.0. The second kappa shape index (κ2) is 8.76. The molecule has 0 amide bonds. The van der Waals surface area contributed by atoms with Crippen molar-refractivity contribution < 1.29 is 9.13 Å². The number of nitrogens with zero attached hydrogens (tertiary/aromatic N) is 1. The Morgan fingerprint density at radius 1 is 1.23 bits per heavy atom. The van der Waals surface area contributed by atoms with Gasteiger partial charge in [0.2, 0.25) is 0 Å². The van der Waals surface area contributed by atoms with Gasteiger partial charge in [0.1, 0.15) is 11.5 Å². The molecule has 0 aliphatic heterocycles. The van der Waals surface area contributed by atoms with Gasteiger partial charge in [0.15, 0.2) is 0 Å². The van der Waals surface area contributed by atoms with E-state index in [1.54, 1.807) is 18.3 Å². The Bertz CT molecular complexity index is 666. The average Bonchev–Trinajstić information content (AvgIpc) is 2.56. The molecule has 22 heavy (non-hydrogen) atoms. The van der Waals surface area contributed by atoms with Crippen LogP contribution in [0.25, 0.3) is 5.57 Å². The molecule has 1 aromatic heterocycles. The summed E-state index contributed by atoms with van der Waals surface area (Å²) >= 11 is 0. The summed E-state index contributed by atoms with van der Waals surface area (Å²) in [5.74, 6) is 5.90. The summed E-state index contributed by atoms with van der Waals surface area (Å²) in [7, 11) is 0. The Labute approximate surface area is 130 Å². The van der Waals surface area contributed by atoms with Crippen molar-refractivity contribution in [3.63, 3.8) is 0 Å². The number of benzene rings is 1. The third kappa shape index (κ3) is 5.16. The average molecular weight is 295 g/mol. The first-order valence-corrected chi connectivity index (χ1v) is 7.26. The summed E-state index contributed by atoms with van der Waals surface area (Å²) in [5.41, 5.74) is 2.45. The summed E-state index contributed by atoms with van der Waals surface area (Å²) in [6.45, 7) is 3.30. The first-order valence-electron chi connectivity index (χ1n) is 7.26. The van der Waals surface area contributed by atoms with E-state index >= 15 is 0 Å². The molecule has 0 spiro atoms. The zero-order chi connectivity index (χ0) is 15.6.